The van der Waals surface area contributed by atoms with Gasteiger partial charge in [-0.05, 0) is 56.4 Å². The van der Waals surface area contributed by atoms with Gasteiger partial charge in [-0.15, -0.1) is 11.3 Å². The first-order chi connectivity index (χ1) is 14.2. The molecule has 29 heavy (non-hydrogen) atoms. The summed E-state index contributed by atoms with van der Waals surface area (Å²) in [5, 5.41) is 2.99. The van der Waals surface area contributed by atoms with E-state index in [4.69, 9.17) is 9.47 Å². The van der Waals surface area contributed by atoms with Gasteiger partial charge in [0.1, 0.15) is 12.4 Å². The quantitative estimate of drug-likeness (QED) is 0.582. The first-order valence-electron chi connectivity index (χ1n) is 9.96. The second-order valence-corrected chi connectivity index (χ2v) is 8.13. The molecule has 1 saturated heterocycles. The molecule has 0 saturated carbocycles. The average molecular weight is 412 g/mol. The number of rotatable bonds is 6. The number of fused-ring (bicyclic) bond motifs is 1. The Labute approximate surface area is 174 Å². The molecule has 2 aromatic heterocycles. The van der Waals surface area contributed by atoms with Crippen molar-refractivity contribution in [3.05, 3.63) is 52.6 Å². The minimum atomic E-state index is -0.243. The fraction of sp³-hybridized carbons (Fsp3) is 0.409. The third kappa shape index (κ3) is 5.23. The number of aromatic nitrogens is 2. The van der Waals surface area contributed by atoms with Crippen LogP contribution in [0.15, 0.2) is 41.2 Å². The Bertz CT molecular complexity index is 953. The van der Waals surface area contributed by atoms with Crippen LogP contribution in [-0.2, 0) is 11.3 Å². The fourth-order valence-electron chi connectivity index (χ4n) is 3.58. The Morgan fingerprint density at radius 2 is 2.10 bits per heavy atom. The van der Waals surface area contributed by atoms with E-state index < -0.39 is 0 Å². The number of hydrogen-bond donors (Lipinski definition) is 0. The van der Waals surface area contributed by atoms with E-state index in [9.17, 15) is 4.79 Å². The Hall–Kier alpha value is -2.67. The zero-order valence-electron chi connectivity index (χ0n) is 16.5. The number of nitrogens with zero attached hydrogens (tertiary/aromatic N) is 3. The second-order valence-electron chi connectivity index (χ2n) is 7.41. The number of aryl methyl sites for hydroxylation is 1. The monoisotopic (exact) mass is 411 g/mol. The number of pyridine rings is 1. The lowest BCUT2D eigenvalue weighted by Crippen LogP contribution is -2.39. The summed E-state index contributed by atoms with van der Waals surface area (Å²) in [6.07, 6.45) is 2.71. The van der Waals surface area contributed by atoms with Crippen molar-refractivity contribution < 1.29 is 14.3 Å². The molecule has 0 bridgehead atoms. The summed E-state index contributed by atoms with van der Waals surface area (Å²) in [5.74, 6) is 1.45. The molecular weight excluding hydrogens is 386 g/mol. The maximum atomic E-state index is 12.2. The van der Waals surface area contributed by atoms with Crippen LogP contribution in [0.2, 0.25) is 0 Å². The van der Waals surface area contributed by atoms with Gasteiger partial charge in [-0.2, -0.15) is 0 Å². The molecule has 3 aromatic rings. The number of ether oxygens (including phenoxy) is 2. The minimum absolute atomic E-state index is 0.243. The van der Waals surface area contributed by atoms with Crippen molar-refractivity contribution in [3.8, 4) is 5.75 Å². The molecule has 1 amide bonds. The number of benzene rings is 1. The zero-order chi connectivity index (χ0) is 20.1. The molecule has 152 valence electrons. The maximum Gasteiger partial charge on any atom is 0.410 e. The molecule has 1 aliphatic heterocycles. The van der Waals surface area contributed by atoms with Crippen LogP contribution in [0.4, 0.5) is 4.79 Å². The van der Waals surface area contributed by atoms with Crippen LogP contribution in [0.3, 0.4) is 0 Å². The third-order valence-electron chi connectivity index (χ3n) is 5.29. The largest absolute Gasteiger partial charge is 0.494 e. The van der Waals surface area contributed by atoms with Gasteiger partial charge in [-0.25, -0.2) is 9.78 Å². The molecule has 0 unspecified atom stereocenters. The summed E-state index contributed by atoms with van der Waals surface area (Å²) < 4.78 is 11.3. The van der Waals surface area contributed by atoms with Gasteiger partial charge in [0.2, 0.25) is 0 Å². The van der Waals surface area contributed by atoms with Gasteiger partial charge in [0, 0.05) is 29.5 Å². The highest BCUT2D eigenvalue weighted by Crippen LogP contribution is 2.23. The molecule has 0 spiro atoms. The highest BCUT2D eigenvalue weighted by atomic mass is 32.1. The van der Waals surface area contributed by atoms with E-state index in [-0.39, 0.29) is 12.7 Å². The summed E-state index contributed by atoms with van der Waals surface area (Å²) in [4.78, 5) is 22.6. The van der Waals surface area contributed by atoms with Gasteiger partial charge in [0.05, 0.1) is 23.3 Å². The average Bonchev–Trinajstić information content (AvgIpc) is 3.26. The molecule has 0 aliphatic carbocycles. The van der Waals surface area contributed by atoms with Crippen LogP contribution >= 0.6 is 11.3 Å². The second kappa shape index (κ2) is 9.22. The lowest BCUT2D eigenvalue weighted by Gasteiger charge is -2.31. The molecule has 0 N–H and O–H groups in total. The van der Waals surface area contributed by atoms with Crippen molar-refractivity contribution in [2.45, 2.75) is 32.8 Å². The van der Waals surface area contributed by atoms with Crippen molar-refractivity contribution in [2.24, 2.45) is 5.92 Å². The number of carbonyl (C=O) groups excluding carboxylic acids is 1. The SMILES string of the molecule is Cc1ccc2cc(OCCC3CCN(C(=O)OCc4cscn4)CC3)ccc2n1. The van der Waals surface area contributed by atoms with Gasteiger partial charge in [-0.1, -0.05) is 6.07 Å². The lowest BCUT2D eigenvalue weighted by atomic mass is 9.94. The molecule has 3 heterocycles. The molecule has 6 nitrogen and oxygen atoms in total. The molecule has 0 atom stereocenters. The minimum Gasteiger partial charge on any atom is -0.494 e. The number of piperidine rings is 1. The number of amides is 1. The van der Waals surface area contributed by atoms with E-state index in [1.165, 1.54) is 11.3 Å². The van der Waals surface area contributed by atoms with Crippen molar-refractivity contribution in [3.63, 3.8) is 0 Å². The molecule has 0 radical (unpaired) electrons. The standard InChI is InChI=1S/C22H25N3O3S/c1-16-2-3-18-12-20(4-5-21(18)24-16)27-11-8-17-6-9-25(10-7-17)22(26)28-13-19-14-29-15-23-19/h2-5,12,14-15,17H,6-11,13H2,1H3. The van der Waals surface area contributed by atoms with E-state index in [1.54, 1.807) is 10.4 Å². The van der Waals surface area contributed by atoms with Crippen LogP contribution < -0.4 is 4.74 Å². The molecule has 7 heteroatoms. The molecule has 1 fully saturated rings. The van der Waals surface area contributed by atoms with Crippen molar-refractivity contribution in [1.82, 2.24) is 14.9 Å². The Balaban J connectivity index is 1.18. The van der Waals surface area contributed by atoms with Crippen molar-refractivity contribution >= 4 is 28.3 Å². The molecular formula is C22H25N3O3S. The van der Waals surface area contributed by atoms with Crippen LogP contribution in [-0.4, -0.2) is 40.7 Å². The van der Waals surface area contributed by atoms with Crippen molar-refractivity contribution in [1.29, 1.82) is 0 Å². The molecule has 4 rings (SSSR count). The number of hydrogen-bond acceptors (Lipinski definition) is 6. The van der Waals surface area contributed by atoms with Gasteiger partial charge in [-0.3, -0.25) is 4.98 Å². The molecule has 1 aromatic carbocycles. The first kappa shape index (κ1) is 19.6. The Kier molecular flexibility index (Phi) is 6.24. The highest BCUT2D eigenvalue weighted by molar-refractivity contribution is 7.07. The Morgan fingerprint density at radius 3 is 2.90 bits per heavy atom. The van der Waals surface area contributed by atoms with Crippen molar-refractivity contribution in [2.75, 3.05) is 19.7 Å². The van der Waals surface area contributed by atoms with E-state index in [0.29, 0.717) is 12.5 Å². The predicted molar refractivity (Wildman–Crippen MR) is 113 cm³/mol. The summed E-state index contributed by atoms with van der Waals surface area (Å²) in [6.45, 7) is 4.40. The number of thiazole rings is 1. The smallest absolute Gasteiger partial charge is 0.410 e. The predicted octanol–water partition coefficient (Wildman–Crippen LogP) is 4.82. The van der Waals surface area contributed by atoms with Gasteiger partial charge < -0.3 is 14.4 Å². The van der Waals surface area contributed by atoms with E-state index >= 15 is 0 Å². The summed E-state index contributed by atoms with van der Waals surface area (Å²) in [5.41, 5.74) is 4.55. The fourth-order valence-corrected chi connectivity index (χ4v) is 4.12. The lowest BCUT2D eigenvalue weighted by molar-refractivity contribution is 0.0792. The number of likely N-dealkylation sites (tertiary alicyclic amines) is 1. The van der Waals surface area contributed by atoms with Gasteiger partial charge in [0.25, 0.3) is 0 Å². The Morgan fingerprint density at radius 1 is 1.24 bits per heavy atom. The molecule has 1 aliphatic rings. The third-order valence-corrected chi connectivity index (χ3v) is 5.93. The topological polar surface area (TPSA) is 64.5 Å². The summed E-state index contributed by atoms with van der Waals surface area (Å²) >= 11 is 1.50. The number of carbonyl (C=O) groups is 1. The van der Waals surface area contributed by atoms with E-state index in [1.807, 2.05) is 36.6 Å². The van der Waals surface area contributed by atoms with Gasteiger partial charge >= 0.3 is 6.09 Å². The van der Waals surface area contributed by atoms with E-state index in [0.717, 1.165) is 60.4 Å². The first-order valence-corrected chi connectivity index (χ1v) is 10.9. The summed E-state index contributed by atoms with van der Waals surface area (Å²) in [6, 6.07) is 10.1. The highest BCUT2D eigenvalue weighted by Gasteiger charge is 2.23. The summed E-state index contributed by atoms with van der Waals surface area (Å²) in [7, 11) is 0. The zero-order valence-corrected chi connectivity index (χ0v) is 17.4. The van der Waals surface area contributed by atoms with Crippen LogP contribution in [0.5, 0.6) is 5.75 Å². The maximum absolute atomic E-state index is 12.2. The van der Waals surface area contributed by atoms with Crippen LogP contribution in [0.1, 0.15) is 30.7 Å². The van der Waals surface area contributed by atoms with Gasteiger partial charge in [0.15, 0.2) is 0 Å². The van der Waals surface area contributed by atoms with Crippen LogP contribution in [0, 0.1) is 12.8 Å². The normalized spacial score (nSPS) is 14.9. The van der Waals surface area contributed by atoms with Crippen LogP contribution in [0.25, 0.3) is 10.9 Å². The van der Waals surface area contributed by atoms with E-state index in [2.05, 4.69) is 16.0 Å².